The fourth-order valence-corrected chi connectivity index (χ4v) is 7.56. The maximum Gasteiger partial charge on any atom is 0.401 e. The highest BCUT2D eigenvalue weighted by atomic mass is 32.2. The molecule has 0 spiro atoms. The fraction of sp³-hybridized carbons (Fsp3) is 0.947. The van der Waals surface area contributed by atoms with Crippen molar-refractivity contribution in [2.45, 2.75) is 63.0 Å². The van der Waals surface area contributed by atoms with Gasteiger partial charge in [0.05, 0.1) is 25.2 Å². The summed E-state index contributed by atoms with van der Waals surface area (Å²) in [6.45, 7) is -0.592. The first-order chi connectivity index (χ1) is 14.4. The summed E-state index contributed by atoms with van der Waals surface area (Å²) < 4.78 is 80.3. The number of amides is 1. The Balaban J connectivity index is 1.38. The third kappa shape index (κ3) is 5.01. The molecule has 0 aromatic rings. The largest absolute Gasteiger partial charge is 0.401 e. The zero-order valence-corrected chi connectivity index (χ0v) is 17.9. The van der Waals surface area contributed by atoms with E-state index in [1.54, 1.807) is 0 Å². The van der Waals surface area contributed by atoms with Crippen molar-refractivity contribution in [2.75, 3.05) is 26.2 Å². The van der Waals surface area contributed by atoms with Crippen LogP contribution in [0.5, 0.6) is 0 Å². The van der Waals surface area contributed by atoms with E-state index < -0.39 is 59.6 Å². The lowest BCUT2D eigenvalue weighted by Crippen LogP contribution is -2.58. The van der Waals surface area contributed by atoms with E-state index in [1.165, 1.54) is 4.90 Å². The van der Waals surface area contributed by atoms with E-state index in [-0.39, 0.29) is 24.2 Å². The number of hydrogen-bond acceptors (Lipinski definition) is 5. The van der Waals surface area contributed by atoms with Gasteiger partial charge in [-0.15, -0.1) is 0 Å². The minimum absolute atomic E-state index is 0.0585. The van der Waals surface area contributed by atoms with Crippen molar-refractivity contribution in [3.8, 4) is 0 Å². The lowest BCUT2D eigenvalue weighted by molar-refractivity contribution is -0.143. The molecule has 0 bridgehead atoms. The van der Waals surface area contributed by atoms with Gasteiger partial charge >= 0.3 is 16.4 Å². The van der Waals surface area contributed by atoms with Crippen LogP contribution in [-0.4, -0.2) is 79.3 Å². The number of fused-ring (bicyclic) bond motifs is 1. The molecule has 12 heteroatoms. The Labute approximate surface area is 179 Å². The predicted octanol–water partition coefficient (Wildman–Crippen LogP) is 1.44. The van der Waals surface area contributed by atoms with Gasteiger partial charge in [0.2, 0.25) is 5.91 Å². The second-order valence-corrected chi connectivity index (χ2v) is 11.3. The topological polar surface area (TPSA) is 90.0 Å². The van der Waals surface area contributed by atoms with Crippen molar-refractivity contribution in [3.05, 3.63) is 0 Å². The molecule has 31 heavy (non-hydrogen) atoms. The molecule has 2 aliphatic heterocycles. The third-order valence-electron chi connectivity index (χ3n) is 7.45. The number of likely N-dealkylation sites (tertiary alicyclic amines) is 1. The normalized spacial score (nSPS) is 41.8. The van der Waals surface area contributed by atoms with E-state index in [1.807, 2.05) is 4.72 Å². The first-order valence-corrected chi connectivity index (χ1v) is 12.3. The maximum absolute atomic E-state index is 15.6. The Morgan fingerprint density at radius 2 is 1.87 bits per heavy atom. The van der Waals surface area contributed by atoms with Gasteiger partial charge in [0, 0.05) is 6.54 Å². The Kier molecular flexibility index (Phi) is 6.30. The summed E-state index contributed by atoms with van der Waals surface area (Å²) in [6.07, 6.45) is -3.19. The molecular formula is C19H29F4N3O4S. The third-order valence-corrected chi connectivity index (χ3v) is 8.93. The highest BCUT2D eigenvalue weighted by Gasteiger charge is 2.53. The van der Waals surface area contributed by atoms with Crippen molar-refractivity contribution in [3.63, 3.8) is 0 Å². The Hall–Kier alpha value is -0.980. The molecule has 7 nitrogen and oxygen atoms in total. The lowest BCUT2D eigenvalue weighted by Gasteiger charge is -2.48. The number of rotatable bonds is 4. The van der Waals surface area contributed by atoms with Crippen LogP contribution in [0.3, 0.4) is 0 Å². The van der Waals surface area contributed by atoms with Crippen LogP contribution in [0.1, 0.15) is 38.5 Å². The average molecular weight is 472 g/mol. The number of carbonyl (C=O) groups is 1. The number of nitrogens with zero attached hydrogens (tertiary/aromatic N) is 2. The predicted molar refractivity (Wildman–Crippen MR) is 103 cm³/mol. The molecule has 0 aromatic carbocycles. The van der Waals surface area contributed by atoms with Crippen molar-refractivity contribution in [1.29, 1.82) is 0 Å². The number of aliphatic hydroxyl groups is 1. The van der Waals surface area contributed by atoms with Crippen LogP contribution in [-0.2, 0) is 15.0 Å². The van der Waals surface area contributed by atoms with Gasteiger partial charge < -0.3 is 5.11 Å². The summed E-state index contributed by atoms with van der Waals surface area (Å²) in [5.41, 5.74) is 0. The second kappa shape index (κ2) is 8.42. The Morgan fingerprint density at radius 3 is 2.52 bits per heavy atom. The van der Waals surface area contributed by atoms with Gasteiger partial charge in [-0.3, -0.25) is 9.69 Å². The Bertz CT molecular complexity index is 796. The zero-order chi connectivity index (χ0) is 22.6. The van der Waals surface area contributed by atoms with Crippen molar-refractivity contribution in [1.82, 2.24) is 13.9 Å². The van der Waals surface area contributed by atoms with Crippen LogP contribution < -0.4 is 4.72 Å². The number of carbonyl (C=O) groups excluding carboxylic acids is 1. The first kappa shape index (κ1) is 23.2. The van der Waals surface area contributed by atoms with Gasteiger partial charge in [-0.2, -0.15) is 25.9 Å². The van der Waals surface area contributed by atoms with Crippen LogP contribution in [0.15, 0.2) is 0 Å². The molecule has 2 heterocycles. The van der Waals surface area contributed by atoms with Crippen LogP contribution in [0.4, 0.5) is 17.6 Å². The van der Waals surface area contributed by atoms with Crippen molar-refractivity contribution in [2.24, 2.45) is 23.7 Å². The van der Waals surface area contributed by atoms with E-state index in [2.05, 4.69) is 0 Å². The smallest absolute Gasteiger partial charge is 0.391 e. The van der Waals surface area contributed by atoms with Gasteiger partial charge in [-0.1, -0.05) is 6.42 Å². The summed E-state index contributed by atoms with van der Waals surface area (Å²) in [5, 5.41) is 10.5. The van der Waals surface area contributed by atoms with Gasteiger partial charge in [-0.25, -0.2) is 9.11 Å². The molecule has 2 aliphatic carbocycles. The van der Waals surface area contributed by atoms with E-state index >= 15 is 4.39 Å². The van der Waals surface area contributed by atoms with E-state index in [4.69, 9.17) is 0 Å². The van der Waals surface area contributed by atoms with Crippen LogP contribution in [0.2, 0.25) is 0 Å². The highest BCUT2D eigenvalue weighted by molar-refractivity contribution is 7.88. The molecule has 0 radical (unpaired) electrons. The average Bonchev–Trinajstić information content (AvgIpc) is 3.16. The highest BCUT2D eigenvalue weighted by Crippen LogP contribution is 2.47. The SMILES string of the molecule is O=C1CN(C2C(O)CC3CCC(CC4CCN(CC(F)(F)F)C4)CC3C2F)S(=O)(=O)N1. The summed E-state index contributed by atoms with van der Waals surface area (Å²) >= 11 is 0. The minimum Gasteiger partial charge on any atom is -0.391 e. The molecule has 4 rings (SSSR count). The number of halogens is 4. The Morgan fingerprint density at radius 1 is 1.13 bits per heavy atom. The van der Waals surface area contributed by atoms with Crippen LogP contribution in [0.25, 0.3) is 0 Å². The van der Waals surface area contributed by atoms with Gasteiger partial charge in [0.1, 0.15) is 6.17 Å². The molecule has 4 aliphatic rings. The second-order valence-electron chi connectivity index (χ2n) is 9.66. The first-order valence-electron chi connectivity index (χ1n) is 10.9. The van der Waals surface area contributed by atoms with Crippen molar-refractivity contribution < 1.29 is 35.9 Å². The summed E-state index contributed by atoms with van der Waals surface area (Å²) in [7, 11) is -4.16. The maximum atomic E-state index is 15.6. The monoisotopic (exact) mass is 471 g/mol. The summed E-state index contributed by atoms with van der Waals surface area (Å²) in [6, 6.07) is -1.29. The standard InChI is InChI=1S/C19H29F4N3O4S/c20-17-14-6-11(5-12-3-4-25(8-12)10-19(21,22)23)1-2-13(14)7-15(27)18(17)26-9-16(28)24-31(26,29)30/h11-15,17-18,27H,1-10H2,(H,24,28). The van der Waals surface area contributed by atoms with Crippen LogP contribution in [0, 0.1) is 23.7 Å². The number of aliphatic hydroxyl groups excluding tert-OH is 1. The van der Waals surface area contributed by atoms with Gasteiger partial charge in [0.25, 0.3) is 0 Å². The van der Waals surface area contributed by atoms with Gasteiger partial charge in [0.15, 0.2) is 0 Å². The fourth-order valence-electron chi connectivity index (χ4n) is 6.22. The molecule has 178 valence electrons. The number of alkyl halides is 4. The minimum atomic E-state index is -4.21. The molecule has 4 fully saturated rings. The van der Waals surface area contributed by atoms with Crippen molar-refractivity contribution >= 4 is 16.1 Å². The van der Waals surface area contributed by atoms with E-state index in [9.17, 15) is 31.5 Å². The van der Waals surface area contributed by atoms with Crippen LogP contribution >= 0.6 is 0 Å². The van der Waals surface area contributed by atoms with Gasteiger partial charge in [-0.05, 0) is 62.3 Å². The molecule has 7 atom stereocenters. The summed E-state index contributed by atoms with van der Waals surface area (Å²) in [4.78, 5) is 13.0. The molecule has 2 saturated carbocycles. The molecule has 2 N–H and O–H groups in total. The lowest BCUT2D eigenvalue weighted by atomic mass is 9.63. The molecule has 7 unspecified atom stereocenters. The van der Waals surface area contributed by atoms with E-state index in [0.29, 0.717) is 32.4 Å². The number of hydrogen-bond donors (Lipinski definition) is 2. The molecule has 1 amide bonds. The molecule has 0 aromatic heterocycles. The molecular weight excluding hydrogens is 442 g/mol. The summed E-state index contributed by atoms with van der Waals surface area (Å²) in [5.74, 6) is -0.913. The van der Waals surface area contributed by atoms with E-state index in [0.717, 1.165) is 17.1 Å². The number of nitrogens with one attached hydrogen (secondary N) is 1. The zero-order valence-electron chi connectivity index (χ0n) is 17.1. The molecule has 2 saturated heterocycles. The quantitative estimate of drug-likeness (QED) is 0.606.